The molecule has 0 saturated carbocycles. The fourth-order valence-electron chi connectivity index (χ4n) is 1.75. The van der Waals surface area contributed by atoms with Crippen molar-refractivity contribution < 1.29 is 4.79 Å². The van der Waals surface area contributed by atoms with Crippen molar-refractivity contribution in [1.29, 1.82) is 0 Å². The van der Waals surface area contributed by atoms with E-state index in [2.05, 4.69) is 31.9 Å². The largest absolute Gasteiger partial charge is 0.293 e. The summed E-state index contributed by atoms with van der Waals surface area (Å²) in [7, 11) is 0. The molecule has 0 aliphatic carbocycles. The van der Waals surface area contributed by atoms with Gasteiger partial charge < -0.3 is 0 Å². The molecular weight excluding hydrogens is 427 g/mol. The lowest BCUT2D eigenvalue weighted by Gasteiger charge is -2.16. The summed E-state index contributed by atoms with van der Waals surface area (Å²) in [5.74, 6) is -0.0469. The number of hydrogen-bond donors (Lipinski definition) is 0. The van der Waals surface area contributed by atoms with E-state index in [4.69, 9.17) is 23.2 Å². The summed E-state index contributed by atoms with van der Waals surface area (Å²) in [6.07, 6.45) is 0. The van der Waals surface area contributed by atoms with Crippen molar-refractivity contribution in [3.8, 4) is 0 Å². The molecule has 0 aromatic heterocycles. The van der Waals surface area contributed by atoms with Crippen molar-refractivity contribution in [2.75, 3.05) is 0 Å². The van der Waals surface area contributed by atoms with Gasteiger partial charge in [-0.05, 0) is 23.8 Å². The summed E-state index contributed by atoms with van der Waals surface area (Å²) in [5.41, 5.74) is 1.56. The zero-order chi connectivity index (χ0) is 14.7. The topological polar surface area (TPSA) is 17.1 Å². The highest BCUT2D eigenvalue weighted by Gasteiger charge is 2.26. The molecule has 2 rings (SSSR count). The van der Waals surface area contributed by atoms with Gasteiger partial charge in [0.1, 0.15) is 0 Å². The first-order valence-corrected chi connectivity index (χ1v) is 8.42. The number of halogens is 4. The molecule has 104 valence electrons. The Kier molecular flexibility index (Phi) is 5.67. The molecular formula is C15H10Br2Cl2O. The van der Waals surface area contributed by atoms with E-state index < -0.39 is 0 Å². The molecule has 0 saturated heterocycles. The Morgan fingerprint density at radius 3 is 2.20 bits per heavy atom. The van der Waals surface area contributed by atoms with Crippen molar-refractivity contribution >= 4 is 60.8 Å². The number of carbonyl (C=O) groups excluding carboxylic acids is 1. The first-order chi connectivity index (χ1) is 9.50. The van der Waals surface area contributed by atoms with Crippen LogP contribution in [0.3, 0.4) is 0 Å². The van der Waals surface area contributed by atoms with E-state index in [1.54, 1.807) is 18.2 Å². The molecule has 2 aromatic rings. The summed E-state index contributed by atoms with van der Waals surface area (Å²) >= 11 is 18.8. The van der Waals surface area contributed by atoms with Crippen LogP contribution in [0.15, 0.2) is 48.5 Å². The smallest absolute Gasteiger partial charge is 0.177 e. The molecule has 1 nitrogen and oxygen atoms in total. The maximum Gasteiger partial charge on any atom is 0.177 e. The SMILES string of the molecule is O=C(c1ccc(Cl)c(Cl)c1)[C@@H](Br)[C@H](Br)c1ccccc1. The Balaban J connectivity index is 2.22. The molecule has 0 heterocycles. The van der Waals surface area contributed by atoms with Gasteiger partial charge in [-0.1, -0.05) is 85.4 Å². The van der Waals surface area contributed by atoms with Crippen LogP contribution in [-0.2, 0) is 0 Å². The fraction of sp³-hybridized carbons (Fsp3) is 0.133. The van der Waals surface area contributed by atoms with Crippen LogP contribution in [0.5, 0.6) is 0 Å². The molecule has 0 radical (unpaired) electrons. The number of benzene rings is 2. The molecule has 0 amide bonds. The third-order valence-electron chi connectivity index (χ3n) is 2.83. The van der Waals surface area contributed by atoms with Gasteiger partial charge in [0, 0.05) is 5.56 Å². The van der Waals surface area contributed by atoms with E-state index in [1.165, 1.54) is 0 Å². The highest BCUT2D eigenvalue weighted by Crippen LogP contribution is 2.34. The second-order valence-corrected chi connectivity index (χ2v) is 6.99. The zero-order valence-corrected chi connectivity index (χ0v) is 14.9. The molecule has 20 heavy (non-hydrogen) atoms. The summed E-state index contributed by atoms with van der Waals surface area (Å²) in [4.78, 5) is 11.9. The van der Waals surface area contributed by atoms with Crippen LogP contribution in [0, 0.1) is 0 Å². The van der Waals surface area contributed by atoms with Gasteiger partial charge in [0.25, 0.3) is 0 Å². The lowest BCUT2D eigenvalue weighted by molar-refractivity contribution is 0.0991. The minimum Gasteiger partial charge on any atom is -0.293 e. The molecule has 5 heteroatoms. The van der Waals surface area contributed by atoms with Crippen LogP contribution in [-0.4, -0.2) is 10.6 Å². The number of alkyl halides is 2. The number of carbonyl (C=O) groups is 1. The zero-order valence-electron chi connectivity index (χ0n) is 10.2. The predicted octanol–water partition coefficient (Wildman–Crippen LogP) is 6.08. The minimum absolute atomic E-state index is 0.0469. The Bertz CT molecular complexity index is 617. The Morgan fingerprint density at radius 2 is 1.60 bits per heavy atom. The maximum atomic E-state index is 12.4. The van der Waals surface area contributed by atoms with E-state index >= 15 is 0 Å². The summed E-state index contributed by atoms with van der Waals surface area (Å²) < 4.78 is 0. The second-order valence-electron chi connectivity index (χ2n) is 4.21. The molecule has 0 aliphatic rings. The average molecular weight is 437 g/mol. The summed E-state index contributed by atoms with van der Waals surface area (Å²) in [5, 5.41) is 0.816. The Labute approximate surface area is 144 Å². The fourth-order valence-corrected chi connectivity index (χ4v) is 3.16. The predicted molar refractivity (Wildman–Crippen MR) is 91.6 cm³/mol. The molecule has 0 N–H and O–H groups in total. The van der Waals surface area contributed by atoms with Gasteiger partial charge in [0.15, 0.2) is 5.78 Å². The number of rotatable bonds is 4. The van der Waals surface area contributed by atoms with Crippen LogP contribution in [0.4, 0.5) is 0 Å². The number of hydrogen-bond acceptors (Lipinski definition) is 1. The maximum absolute atomic E-state index is 12.4. The van der Waals surface area contributed by atoms with Crippen LogP contribution in [0.1, 0.15) is 20.7 Å². The number of Topliss-reactive ketones (excluding diaryl/α,β-unsaturated/α-hetero) is 1. The first-order valence-electron chi connectivity index (χ1n) is 5.83. The van der Waals surface area contributed by atoms with Crippen LogP contribution >= 0.6 is 55.1 Å². The van der Waals surface area contributed by atoms with Gasteiger partial charge in [-0.15, -0.1) is 0 Å². The van der Waals surface area contributed by atoms with Gasteiger partial charge in [-0.3, -0.25) is 4.79 Å². The van der Waals surface area contributed by atoms with Crippen molar-refractivity contribution in [1.82, 2.24) is 0 Å². The lowest BCUT2D eigenvalue weighted by atomic mass is 10.0. The molecule has 0 aliphatic heterocycles. The summed E-state index contributed by atoms with van der Waals surface area (Å²) in [6.45, 7) is 0. The summed E-state index contributed by atoms with van der Waals surface area (Å²) in [6, 6.07) is 14.6. The van der Waals surface area contributed by atoms with Crippen molar-refractivity contribution in [2.45, 2.75) is 9.65 Å². The van der Waals surface area contributed by atoms with Crippen LogP contribution in [0.2, 0.25) is 10.0 Å². The van der Waals surface area contributed by atoms with E-state index in [1.807, 2.05) is 30.3 Å². The van der Waals surface area contributed by atoms with Gasteiger partial charge in [-0.25, -0.2) is 0 Å². The van der Waals surface area contributed by atoms with Crippen molar-refractivity contribution in [3.05, 3.63) is 69.7 Å². The van der Waals surface area contributed by atoms with E-state index in [0.717, 1.165) is 5.56 Å². The first kappa shape index (κ1) is 16.0. The van der Waals surface area contributed by atoms with Crippen molar-refractivity contribution in [2.24, 2.45) is 0 Å². The standard InChI is InChI=1S/C15H10Br2Cl2O/c16-13(9-4-2-1-3-5-9)14(17)15(20)10-6-7-11(18)12(19)8-10/h1-8,13-14H/t13-,14+/m1/s1. The Hall–Kier alpha value is -0.350. The molecule has 0 spiro atoms. The van der Waals surface area contributed by atoms with Gasteiger partial charge >= 0.3 is 0 Å². The normalized spacial score (nSPS) is 13.8. The lowest BCUT2D eigenvalue weighted by Crippen LogP contribution is -2.19. The van der Waals surface area contributed by atoms with Gasteiger partial charge in [0.05, 0.1) is 19.7 Å². The van der Waals surface area contributed by atoms with Gasteiger partial charge in [-0.2, -0.15) is 0 Å². The molecule has 0 fully saturated rings. The van der Waals surface area contributed by atoms with Crippen LogP contribution < -0.4 is 0 Å². The third-order valence-corrected chi connectivity index (χ3v) is 6.28. The highest BCUT2D eigenvalue weighted by molar-refractivity contribution is 9.12. The van der Waals surface area contributed by atoms with Crippen molar-refractivity contribution in [3.63, 3.8) is 0 Å². The average Bonchev–Trinajstić information content (AvgIpc) is 2.48. The third kappa shape index (κ3) is 3.64. The molecule has 0 unspecified atom stereocenters. The molecule has 0 bridgehead atoms. The van der Waals surface area contributed by atoms with E-state index in [9.17, 15) is 4.79 Å². The van der Waals surface area contributed by atoms with Gasteiger partial charge in [0.2, 0.25) is 0 Å². The van der Waals surface area contributed by atoms with E-state index in [-0.39, 0.29) is 15.4 Å². The second kappa shape index (κ2) is 7.08. The monoisotopic (exact) mass is 434 g/mol. The highest BCUT2D eigenvalue weighted by atomic mass is 79.9. The molecule has 2 atom stereocenters. The Morgan fingerprint density at radius 1 is 0.950 bits per heavy atom. The van der Waals surface area contributed by atoms with Crippen LogP contribution in [0.25, 0.3) is 0 Å². The molecule has 2 aromatic carbocycles. The minimum atomic E-state index is -0.387. The van der Waals surface area contributed by atoms with E-state index in [0.29, 0.717) is 15.6 Å². The quantitative estimate of drug-likeness (QED) is 0.419. The number of ketones is 1.